The number of benzene rings is 2. The molecule has 0 radical (unpaired) electrons. The van der Waals surface area contributed by atoms with Crippen LogP contribution in [0.25, 0.3) is 22.2 Å². The fourth-order valence-electron chi connectivity index (χ4n) is 5.16. The fraction of sp³-hybridized carbons (Fsp3) is 0.292. The molecule has 2 aromatic carbocycles. The molecule has 30 heavy (non-hydrogen) atoms. The maximum Gasteiger partial charge on any atom is 0.186 e. The predicted octanol–water partition coefficient (Wildman–Crippen LogP) is 7.28. The lowest BCUT2D eigenvalue weighted by molar-refractivity contribution is 0.437. The first-order valence-electron chi connectivity index (χ1n) is 10.4. The Hall–Kier alpha value is -2.01. The average Bonchev–Trinajstić information content (AvgIpc) is 3.33. The van der Waals surface area contributed by atoms with Crippen LogP contribution in [0.1, 0.15) is 35.7 Å². The summed E-state index contributed by atoms with van der Waals surface area (Å²) < 4.78 is 2.56. The average molecular weight is 454 g/mol. The molecule has 0 N–H and O–H groups in total. The molecule has 0 fully saturated rings. The molecule has 0 spiro atoms. The van der Waals surface area contributed by atoms with E-state index in [1.165, 1.54) is 41.4 Å². The van der Waals surface area contributed by atoms with Crippen LogP contribution < -0.4 is 4.90 Å². The third-order valence-corrected chi connectivity index (χ3v) is 7.90. The van der Waals surface area contributed by atoms with Gasteiger partial charge in [-0.3, -0.25) is 0 Å². The van der Waals surface area contributed by atoms with Crippen LogP contribution in [0.4, 0.5) is 5.13 Å². The van der Waals surface area contributed by atoms with Crippen molar-refractivity contribution in [2.24, 2.45) is 0 Å². The lowest BCUT2D eigenvalue weighted by Crippen LogP contribution is -2.39. The van der Waals surface area contributed by atoms with E-state index in [2.05, 4.69) is 40.0 Å². The van der Waals surface area contributed by atoms with Gasteiger partial charge in [0.15, 0.2) is 5.13 Å². The van der Waals surface area contributed by atoms with Gasteiger partial charge in [-0.2, -0.15) is 0 Å². The van der Waals surface area contributed by atoms with Crippen molar-refractivity contribution in [1.29, 1.82) is 0 Å². The van der Waals surface area contributed by atoms with Gasteiger partial charge in [-0.25, -0.2) is 4.98 Å². The van der Waals surface area contributed by atoms with E-state index in [0.717, 1.165) is 29.5 Å². The molecule has 1 atom stereocenters. The quantitative estimate of drug-likeness (QED) is 0.317. The highest BCUT2D eigenvalue weighted by atomic mass is 35.5. The lowest BCUT2D eigenvalue weighted by Gasteiger charge is -2.39. The van der Waals surface area contributed by atoms with E-state index >= 15 is 0 Å². The van der Waals surface area contributed by atoms with E-state index in [0.29, 0.717) is 16.1 Å². The Morgan fingerprint density at radius 3 is 2.87 bits per heavy atom. The van der Waals surface area contributed by atoms with Crippen LogP contribution in [-0.4, -0.2) is 16.1 Å². The summed E-state index contributed by atoms with van der Waals surface area (Å²) in [5.74, 6) is 0. The second-order valence-corrected chi connectivity index (χ2v) is 9.96. The minimum absolute atomic E-state index is 0.398. The third-order valence-electron chi connectivity index (χ3n) is 6.47. The van der Waals surface area contributed by atoms with Crippen molar-refractivity contribution in [2.75, 3.05) is 11.4 Å². The Bertz CT molecular complexity index is 1290. The van der Waals surface area contributed by atoms with Gasteiger partial charge in [0.1, 0.15) is 0 Å². The molecule has 3 heterocycles. The maximum absolute atomic E-state index is 6.43. The molecule has 0 unspecified atom stereocenters. The molecule has 3 nitrogen and oxygen atoms in total. The summed E-state index contributed by atoms with van der Waals surface area (Å²) in [6, 6.07) is 12.9. The second-order valence-electron chi connectivity index (χ2n) is 8.28. The van der Waals surface area contributed by atoms with Gasteiger partial charge in [-0.15, -0.1) is 11.3 Å². The molecule has 0 saturated carbocycles. The summed E-state index contributed by atoms with van der Waals surface area (Å²) in [6.07, 6.45) is 3.58. The Balaban J connectivity index is 1.42. The third kappa shape index (κ3) is 2.81. The molecule has 4 aromatic rings. The molecule has 1 aliphatic carbocycles. The van der Waals surface area contributed by atoms with Gasteiger partial charge in [-0.05, 0) is 62.1 Å². The lowest BCUT2D eigenvalue weighted by atomic mass is 9.90. The first-order valence-corrected chi connectivity index (χ1v) is 12.0. The standard InChI is InChI=1S/C24H21Cl2N3S/c1-14-5-8-21-18(11-14)16-3-2-4-22-23(16)28(21)9-10-29(22)24-27-20(13-30-24)17-7-6-15(25)12-19(17)26/h5-8,11-13,22H,2-4,9-10H2,1H3/t22-/m0/s1. The van der Waals surface area contributed by atoms with Crippen LogP contribution in [0.2, 0.25) is 10.0 Å². The molecule has 0 amide bonds. The zero-order chi connectivity index (χ0) is 20.4. The maximum atomic E-state index is 6.43. The van der Waals surface area contributed by atoms with Crippen molar-refractivity contribution in [3.63, 3.8) is 0 Å². The van der Waals surface area contributed by atoms with Gasteiger partial charge in [0.05, 0.1) is 16.8 Å². The summed E-state index contributed by atoms with van der Waals surface area (Å²) in [5, 5.41) is 5.94. The van der Waals surface area contributed by atoms with Crippen molar-refractivity contribution in [2.45, 2.75) is 38.8 Å². The minimum Gasteiger partial charge on any atom is -0.341 e. The Morgan fingerprint density at radius 2 is 2.00 bits per heavy atom. The number of hydrogen-bond donors (Lipinski definition) is 0. The highest BCUT2D eigenvalue weighted by Gasteiger charge is 2.36. The summed E-state index contributed by atoms with van der Waals surface area (Å²) in [7, 11) is 0. The zero-order valence-corrected chi connectivity index (χ0v) is 19.0. The van der Waals surface area contributed by atoms with Gasteiger partial charge >= 0.3 is 0 Å². The van der Waals surface area contributed by atoms with Crippen LogP contribution >= 0.6 is 34.5 Å². The van der Waals surface area contributed by atoms with E-state index < -0.39 is 0 Å². The fourth-order valence-corrected chi connectivity index (χ4v) is 6.57. The van der Waals surface area contributed by atoms with Gasteiger partial charge in [-0.1, -0.05) is 34.8 Å². The van der Waals surface area contributed by atoms with Crippen molar-refractivity contribution in [3.8, 4) is 11.3 Å². The monoisotopic (exact) mass is 453 g/mol. The molecule has 2 aliphatic rings. The first kappa shape index (κ1) is 18.7. The van der Waals surface area contributed by atoms with Crippen LogP contribution in [0.3, 0.4) is 0 Å². The van der Waals surface area contributed by atoms with Gasteiger partial charge in [0.25, 0.3) is 0 Å². The molecular formula is C24H21Cl2N3S. The number of aryl methyl sites for hydroxylation is 2. The predicted molar refractivity (Wildman–Crippen MR) is 127 cm³/mol. The molecule has 6 rings (SSSR count). The molecule has 0 bridgehead atoms. The number of halogens is 2. The van der Waals surface area contributed by atoms with Gasteiger partial charge < -0.3 is 9.47 Å². The highest BCUT2D eigenvalue weighted by Crippen LogP contribution is 2.45. The smallest absolute Gasteiger partial charge is 0.186 e. The SMILES string of the molecule is Cc1ccc2c(c1)c1c3n2CCN(c2nc(-c4ccc(Cl)cc4Cl)cs2)[C@H]3CCC1. The number of aromatic nitrogens is 2. The number of thiazole rings is 1. The second kappa shape index (κ2) is 7.01. The largest absolute Gasteiger partial charge is 0.341 e. The van der Waals surface area contributed by atoms with E-state index in [-0.39, 0.29) is 0 Å². The minimum atomic E-state index is 0.398. The van der Waals surface area contributed by atoms with Crippen molar-refractivity contribution >= 4 is 50.6 Å². The number of anilines is 1. The summed E-state index contributed by atoms with van der Waals surface area (Å²) in [4.78, 5) is 7.51. The molecule has 2 aromatic heterocycles. The van der Waals surface area contributed by atoms with Crippen molar-refractivity contribution in [1.82, 2.24) is 9.55 Å². The Kier molecular flexibility index (Phi) is 4.38. The van der Waals surface area contributed by atoms with E-state index in [4.69, 9.17) is 28.2 Å². The first-order chi connectivity index (χ1) is 14.6. The van der Waals surface area contributed by atoms with E-state index in [1.807, 2.05) is 12.1 Å². The Labute approximate surface area is 189 Å². The molecule has 152 valence electrons. The normalized spacial score (nSPS) is 18.1. The topological polar surface area (TPSA) is 21.1 Å². The van der Waals surface area contributed by atoms with E-state index in [9.17, 15) is 0 Å². The summed E-state index contributed by atoms with van der Waals surface area (Å²) >= 11 is 14.2. The van der Waals surface area contributed by atoms with Crippen molar-refractivity contribution < 1.29 is 0 Å². The zero-order valence-electron chi connectivity index (χ0n) is 16.7. The molecule has 6 heteroatoms. The molecular weight excluding hydrogens is 433 g/mol. The summed E-state index contributed by atoms with van der Waals surface area (Å²) in [5.41, 5.74) is 7.65. The van der Waals surface area contributed by atoms with Crippen LogP contribution in [0, 0.1) is 6.92 Å². The number of nitrogens with zero attached hydrogens (tertiary/aromatic N) is 3. The number of fused-ring (bicyclic) bond motifs is 3. The number of hydrogen-bond acceptors (Lipinski definition) is 3. The van der Waals surface area contributed by atoms with Crippen LogP contribution in [0.15, 0.2) is 41.8 Å². The Morgan fingerprint density at radius 1 is 1.10 bits per heavy atom. The van der Waals surface area contributed by atoms with E-state index in [1.54, 1.807) is 23.0 Å². The van der Waals surface area contributed by atoms with Crippen LogP contribution in [0.5, 0.6) is 0 Å². The number of rotatable bonds is 2. The molecule has 1 aliphatic heterocycles. The summed E-state index contributed by atoms with van der Waals surface area (Å²) in [6.45, 7) is 4.17. The molecule has 0 saturated heterocycles. The van der Waals surface area contributed by atoms with Gasteiger partial charge in [0.2, 0.25) is 0 Å². The van der Waals surface area contributed by atoms with Gasteiger partial charge in [0, 0.05) is 45.7 Å². The van der Waals surface area contributed by atoms with Crippen molar-refractivity contribution in [3.05, 3.63) is 68.6 Å². The highest BCUT2D eigenvalue weighted by molar-refractivity contribution is 7.14. The van der Waals surface area contributed by atoms with Crippen LogP contribution in [-0.2, 0) is 13.0 Å².